The molecule has 4 heteroatoms. The third-order valence-corrected chi connectivity index (χ3v) is 4.05. The number of aromatic nitrogens is 3. The Morgan fingerprint density at radius 1 is 1.39 bits per heavy atom. The Labute approximate surface area is 117 Å². The van der Waals surface area contributed by atoms with Crippen molar-refractivity contribution in [1.29, 1.82) is 0 Å². The van der Waals surface area contributed by atoms with Crippen LogP contribution in [0.4, 0.5) is 0 Å². The van der Waals surface area contributed by atoms with E-state index in [9.17, 15) is 0 Å². The SMILES string of the molecule is CCc1c(C)cc2nc(CCC(C)C)nn2c1Br. The zero-order valence-corrected chi connectivity index (χ0v) is 13.1. The van der Waals surface area contributed by atoms with Crippen molar-refractivity contribution in [2.45, 2.75) is 47.0 Å². The number of fused-ring (bicyclic) bond motifs is 1. The van der Waals surface area contributed by atoms with Gasteiger partial charge in [0.1, 0.15) is 4.60 Å². The summed E-state index contributed by atoms with van der Waals surface area (Å²) in [6.45, 7) is 8.75. The summed E-state index contributed by atoms with van der Waals surface area (Å²) in [7, 11) is 0. The van der Waals surface area contributed by atoms with Crippen LogP contribution < -0.4 is 0 Å². The van der Waals surface area contributed by atoms with Crippen molar-refractivity contribution in [3.05, 3.63) is 27.6 Å². The van der Waals surface area contributed by atoms with Gasteiger partial charge in [-0.3, -0.25) is 0 Å². The first-order chi connectivity index (χ1) is 8.52. The van der Waals surface area contributed by atoms with Crippen LogP contribution in [0.1, 0.15) is 44.1 Å². The minimum absolute atomic E-state index is 0.688. The summed E-state index contributed by atoms with van der Waals surface area (Å²) in [6.07, 6.45) is 3.09. The van der Waals surface area contributed by atoms with Gasteiger partial charge in [0.15, 0.2) is 11.5 Å². The quantitative estimate of drug-likeness (QED) is 0.800. The third kappa shape index (κ3) is 2.58. The standard InChI is InChI=1S/C14H20BrN3/c1-5-11-10(4)8-13-16-12(7-6-9(2)3)17-18(13)14(11)15/h8-9H,5-7H2,1-4H3. The Kier molecular flexibility index (Phi) is 4.05. The van der Waals surface area contributed by atoms with Gasteiger partial charge in [-0.1, -0.05) is 20.8 Å². The number of rotatable bonds is 4. The van der Waals surface area contributed by atoms with Crippen molar-refractivity contribution in [2.75, 3.05) is 0 Å². The highest BCUT2D eigenvalue weighted by atomic mass is 79.9. The molecule has 0 amide bonds. The van der Waals surface area contributed by atoms with Gasteiger partial charge in [0, 0.05) is 6.42 Å². The van der Waals surface area contributed by atoms with Crippen LogP contribution in [0.3, 0.4) is 0 Å². The van der Waals surface area contributed by atoms with E-state index in [1.807, 2.05) is 4.52 Å². The lowest BCUT2D eigenvalue weighted by atomic mass is 10.1. The van der Waals surface area contributed by atoms with Gasteiger partial charge in [-0.25, -0.2) is 9.50 Å². The van der Waals surface area contributed by atoms with Crippen molar-refractivity contribution in [3.8, 4) is 0 Å². The average molecular weight is 310 g/mol. The second-order valence-corrected chi connectivity index (χ2v) is 5.93. The predicted molar refractivity (Wildman–Crippen MR) is 78.0 cm³/mol. The van der Waals surface area contributed by atoms with Crippen LogP contribution in [0, 0.1) is 12.8 Å². The molecular formula is C14H20BrN3. The van der Waals surface area contributed by atoms with Crippen LogP contribution in [-0.4, -0.2) is 14.6 Å². The number of hydrogen-bond donors (Lipinski definition) is 0. The molecule has 0 aliphatic carbocycles. The van der Waals surface area contributed by atoms with Gasteiger partial charge in [-0.2, -0.15) is 5.10 Å². The molecule has 0 aliphatic heterocycles. The number of halogens is 1. The second kappa shape index (κ2) is 5.39. The van der Waals surface area contributed by atoms with Gasteiger partial charge in [-0.05, 0) is 58.8 Å². The lowest BCUT2D eigenvalue weighted by molar-refractivity contribution is 0.574. The Morgan fingerprint density at radius 3 is 2.72 bits per heavy atom. The highest BCUT2D eigenvalue weighted by Crippen LogP contribution is 2.23. The molecule has 0 bridgehead atoms. The minimum Gasteiger partial charge on any atom is -0.212 e. The van der Waals surface area contributed by atoms with Crippen LogP contribution in [0.2, 0.25) is 0 Å². The van der Waals surface area contributed by atoms with E-state index in [1.54, 1.807) is 0 Å². The van der Waals surface area contributed by atoms with E-state index in [0.717, 1.165) is 35.3 Å². The van der Waals surface area contributed by atoms with Crippen LogP contribution in [0.15, 0.2) is 10.7 Å². The Balaban J connectivity index is 2.42. The van der Waals surface area contributed by atoms with Crippen LogP contribution >= 0.6 is 15.9 Å². The molecule has 0 aliphatic rings. The molecular weight excluding hydrogens is 290 g/mol. The number of hydrogen-bond acceptors (Lipinski definition) is 2. The molecule has 2 aromatic heterocycles. The van der Waals surface area contributed by atoms with E-state index in [2.05, 4.69) is 59.8 Å². The van der Waals surface area contributed by atoms with Gasteiger partial charge in [0.05, 0.1) is 0 Å². The Hall–Kier alpha value is -0.900. The van der Waals surface area contributed by atoms with Gasteiger partial charge in [0.25, 0.3) is 0 Å². The molecule has 0 aromatic carbocycles. The number of aryl methyl sites for hydroxylation is 2. The predicted octanol–water partition coefficient (Wildman–Crippen LogP) is 3.95. The zero-order chi connectivity index (χ0) is 13.3. The summed E-state index contributed by atoms with van der Waals surface area (Å²) in [6, 6.07) is 2.12. The lowest BCUT2D eigenvalue weighted by Gasteiger charge is -2.06. The summed E-state index contributed by atoms with van der Waals surface area (Å²) in [5, 5.41) is 4.59. The van der Waals surface area contributed by atoms with Crippen molar-refractivity contribution >= 4 is 21.6 Å². The van der Waals surface area contributed by atoms with E-state index in [0.29, 0.717) is 5.92 Å². The average Bonchev–Trinajstić information content (AvgIpc) is 2.70. The van der Waals surface area contributed by atoms with Crippen LogP contribution in [0.25, 0.3) is 5.65 Å². The summed E-state index contributed by atoms with van der Waals surface area (Å²) in [4.78, 5) is 4.60. The van der Waals surface area contributed by atoms with E-state index >= 15 is 0 Å². The van der Waals surface area contributed by atoms with Gasteiger partial charge in [-0.15, -0.1) is 0 Å². The molecule has 0 spiro atoms. The Bertz CT molecular complexity index is 558. The summed E-state index contributed by atoms with van der Waals surface area (Å²) >= 11 is 3.65. The Morgan fingerprint density at radius 2 is 2.11 bits per heavy atom. The van der Waals surface area contributed by atoms with Crippen LogP contribution in [0.5, 0.6) is 0 Å². The van der Waals surface area contributed by atoms with Gasteiger partial charge >= 0.3 is 0 Å². The first kappa shape index (κ1) is 13.5. The van der Waals surface area contributed by atoms with Crippen molar-refractivity contribution in [1.82, 2.24) is 14.6 Å². The first-order valence-corrected chi connectivity index (χ1v) is 7.35. The largest absolute Gasteiger partial charge is 0.212 e. The normalized spacial score (nSPS) is 11.7. The van der Waals surface area contributed by atoms with E-state index in [4.69, 9.17) is 0 Å². The molecule has 98 valence electrons. The lowest BCUT2D eigenvalue weighted by Crippen LogP contribution is -1.99. The van der Waals surface area contributed by atoms with Gasteiger partial charge in [0.2, 0.25) is 0 Å². The van der Waals surface area contributed by atoms with Gasteiger partial charge < -0.3 is 0 Å². The van der Waals surface area contributed by atoms with E-state index in [-0.39, 0.29) is 0 Å². The van der Waals surface area contributed by atoms with E-state index < -0.39 is 0 Å². The second-order valence-electron chi connectivity index (χ2n) is 5.18. The zero-order valence-electron chi connectivity index (χ0n) is 11.5. The third-order valence-electron chi connectivity index (χ3n) is 3.23. The van der Waals surface area contributed by atoms with E-state index in [1.165, 1.54) is 11.1 Å². The molecule has 0 saturated carbocycles. The summed E-state index contributed by atoms with van der Waals surface area (Å²) in [5.41, 5.74) is 3.53. The maximum atomic E-state index is 4.60. The smallest absolute Gasteiger partial charge is 0.157 e. The molecule has 18 heavy (non-hydrogen) atoms. The fourth-order valence-electron chi connectivity index (χ4n) is 2.13. The minimum atomic E-state index is 0.688. The van der Waals surface area contributed by atoms with Crippen LogP contribution in [-0.2, 0) is 12.8 Å². The molecule has 0 saturated heterocycles. The van der Waals surface area contributed by atoms with Crippen molar-refractivity contribution in [2.24, 2.45) is 5.92 Å². The van der Waals surface area contributed by atoms with Crippen molar-refractivity contribution < 1.29 is 0 Å². The fraction of sp³-hybridized carbons (Fsp3) is 0.571. The molecule has 0 N–H and O–H groups in total. The highest BCUT2D eigenvalue weighted by Gasteiger charge is 2.12. The fourth-order valence-corrected chi connectivity index (χ4v) is 2.98. The maximum absolute atomic E-state index is 4.60. The molecule has 0 fully saturated rings. The molecule has 0 radical (unpaired) electrons. The summed E-state index contributed by atoms with van der Waals surface area (Å²) < 4.78 is 2.96. The first-order valence-electron chi connectivity index (χ1n) is 6.56. The monoisotopic (exact) mass is 309 g/mol. The number of nitrogens with zero attached hydrogens (tertiary/aromatic N) is 3. The molecule has 2 heterocycles. The molecule has 0 unspecified atom stereocenters. The topological polar surface area (TPSA) is 30.2 Å². The number of pyridine rings is 1. The summed E-state index contributed by atoms with van der Waals surface area (Å²) in [5.74, 6) is 1.63. The molecule has 0 atom stereocenters. The maximum Gasteiger partial charge on any atom is 0.157 e. The molecule has 2 rings (SSSR count). The van der Waals surface area contributed by atoms with Crippen molar-refractivity contribution in [3.63, 3.8) is 0 Å². The molecule has 2 aromatic rings. The highest BCUT2D eigenvalue weighted by molar-refractivity contribution is 9.10. The molecule has 3 nitrogen and oxygen atoms in total.